The minimum Gasteiger partial charge on any atom is -0.383 e. The summed E-state index contributed by atoms with van der Waals surface area (Å²) in [5.41, 5.74) is 5.91. The molecule has 1 amide bonds. The molecule has 0 aromatic carbocycles. The molecule has 0 saturated carbocycles. The molecule has 0 aliphatic carbocycles. The molecule has 0 unspecified atom stereocenters. The van der Waals surface area contributed by atoms with Crippen molar-refractivity contribution in [1.29, 1.82) is 0 Å². The van der Waals surface area contributed by atoms with Crippen molar-refractivity contribution in [1.82, 2.24) is 9.78 Å². The van der Waals surface area contributed by atoms with E-state index in [-0.39, 0.29) is 5.91 Å². The van der Waals surface area contributed by atoms with E-state index in [0.717, 1.165) is 0 Å². The zero-order valence-electron chi connectivity index (χ0n) is 11.1. The SMILES string of the molecule is COCCn1cc(NC(=O)C2(N)CCOCC2)cn1. The number of methoxy groups -OCH3 is 1. The maximum atomic E-state index is 12.2. The Labute approximate surface area is 112 Å². The standard InChI is InChI=1S/C12H20N4O3/c1-18-7-4-16-9-10(8-14-16)15-11(17)12(13)2-5-19-6-3-12/h8-9H,2-7,13H2,1H3,(H,15,17). The molecule has 1 fully saturated rings. The summed E-state index contributed by atoms with van der Waals surface area (Å²) >= 11 is 0. The molecule has 7 heteroatoms. The van der Waals surface area contributed by atoms with Crippen molar-refractivity contribution in [2.75, 3.05) is 32.2 Å². The summed E-state index contributed by atoms with van der Waals surface area (Å²) in [4.78, 5) is 12.2. The number of ether oxygens (including phenoxy) is 2. The number of rotatable bonds is 5. The van der Waals surface area contributed by atoms with E-state index in [0.29, 0.717) is 44.9 Å². The summed E-state index contributed by atoms with van der Waals surface area (Å²) in [7, 11) is 1.63. The first-order chi connectivity index (χ1) is 9.14. The summed E-state index contributed by atoms with van der Waals surface area (Å²) < 4.78 is 11.9. The van der Waals surface area contributed by atoms with Gasteiger partial charge in [-0.25, -0.2) is 0 Å². The lowest BCUT2D eigenvalue weighted by Crippen LogP contribution is -2.54. The topological polar surface area (TPSA) is 91.4 Å². The lowest BCUT2D eigenvalue weighted by molar-refractivity contribution is -0.124. The van der Waals surface area contributed by atoms with Gasteiger partial charge >= 0.3 is 0 Å². The fourth-order valence-corrected chi connectivity index (χ4v) is 1.95. The number of nitrogens with one attached hydrogen (secondary N) is 1. The molecule has 1 aromatic heterocycles. The Kier molecular flexibility index (Phi) is 4.52. The van der Waals surface area contributed by atoms with Gasteiger partial charge in [0, 0.05) is 26.5 Å². The smallest absolute Gasteiger partial charge is 0.244 e. The maximum Gasteiger partial charge on any atom is 0.244 e. The summed E-state index contributed by atoms with van der Waals surface area (Å²) in [6, 6.07) is 0. The number of aromatic nitrogens is 2. The number of anilines is 1. The van der Waals surface area contributed by atoms with Crippen molar-refractivity contribution in [3.8, 4) is 0 Å². The lowest BCUT2D eigenvalue weighted by atomic mass is 9.90. The van der Waals surface area contributed by atoms with Crippen LogP contribution in [0.15, 0.2) is 12.4 Å². The number of amides is 1. The van der Waals surface area contributed by atoms with Crippen LogP contribution in [-0.4, -0.2) is 48.2 Å². The molecule has 106 valence electrons. The monoisotopic (exact) mass is 268 g/mol. The molecule has 0 bridgehead atoms. The largest absolute Gasteiger partial charge is 0.383 e. The molecule has 2 rings (SSSR count). The number of hydrogen-bond donors (Lipinski definition) is 2. The van der Waals surface area contributed by atoms with Crippen molar-refractivity contribution >= 4 is 11.6 Å². The molecular formula is C12H20N4O3. The van der Waals surface area contributed by atoms with Crippen LogP contribution in [0.3, 0.4) is 0 Å². The quantitative estimate of drug-likeness (QED) is 0.783. The van der Waals surface area contributed by atoms with E-state index >= 15 is 0 Å². The average molecular weight is 268 g/mol. The molecule has 0 spiro atoms. The fraction of sp³-hybridized carbons (Fsp3) is 0.667. The van der Waals surface area contributed by atoms with Gasteiger partial charge in [-0.3, -0.25) is 9.48 Å². The van der Waals surface area contributed by atoms with Crippen LogP contribution in [0, 0.1) is 0 Å². The van der Waals surface area contributed by atoms with Crippen LogP contribution in [-0.2, 0) is 20.8 Å². The number of hydrogen-bond acceptors (Lipinski definition) is 5. The van der Waals surface area contributed by atoms with Gasteiger partial charge in [0.25, 0.3) is 0 Å². The first-order valence-electron chi connectivity index (χ1n) is 6.33. The minimum atomic E-state index is -0.840. The van der Waals surface area contributed by atoms with Crippen molar-refractivity contribution in [3.05, 3.63) is 12.4 Å². The molecule has 1 saturated heterocycles. The molecule has 7 nitrogen and oxygen atoms in total. The molecule has 19 heavy (non-hydrogen) atoms. The van der Waals surface area contributed by atoms with Crippen LogP contribution in [0.5, 0.6) is 0 Å². The zero-order valence-corrected chi connectivity index (χ0v) is 11.1. The van der Waals surface area contributed by atoms with E-state index in [2.05, 4.69) is 10.4 Å². The number of carbonyl (C=O) groups excluding carboxylic acids is 1. The second-order valence-corrected chi connectivity index (χ2v) is 4.71. The first kappa shape index (κ1) is 14.0. The van der Waals surface area contributed by atoms with E-state index in [4.69, 9.17) is 15.2 Å². The van der Waals surface area contributed by atoms with Crippen molar-refractivity contribution in [2.24, 2.45) is 5.73 Å². The van der Waals surface area contributed by atoms with Crippen LogP contribution in [0.1, 0.15) is 12.8 Å². The third-order valence-electron chi connectivity index (χ3n) is 3.25. The van der Waals surface area contributed by atoms with E-state index in [1.165, 1.54) is 0 Å². The second-order valence-electron chi connectivity index (χ2n) is 4.71. The predicted octanol–water partition coefficient (Wildman–Crippen LogP) is -0.0241. The Morgan fingerprint density at radius 1 is 1.63 bits per heavy atom. The van der Waals surface area contributed by atoms with Gasteiger partial charge in [0.05, 0.1) is 25.0 Å². The van der Waals surface area contributed by atoms with Crippen LogP contribution < -0.4 is 11.1 Å². The van der Waals surface area contributed by atoms with E-state index in [9.17, 15) is 4.79 Å². The van der Waals surface area contributed by atoms with E-state index in [1.54, 1.807) is 24.2 Å². The van der Waals surface area contributed by atoms with Crippen molar-refractivity contribution in [2.45, 2.75) is 24.9 Å². The van der Waals surface area contributed by atoms with Gasteiger partial charge in [0.2, 0.25) is 5.91 Å². The molecule has 0 atom stereocenters. The van der Waals surface area contributed by atoms with Crippen LogP contribution >= 0.6 is 0 Å². The van der Waals surface area contributed by atoms with Crippen molar-refractivity contribution in [3.63, 3.8) is 0 Å². The molecule has 1 aromatic rings. The fourth-order valence-electron chi connectivity index (χ4n) is 1.95. The highest BCUT2D eigenvalue weighted by Crippen LogP contribution is 2.19. The minimum absolute atomic E-state index is 0.179. The van der Waals surface area contributed by atoms with E-state index in [1.807, 2.05) is 0 Å². The van der Waals surface area contributed by atoms with Gasteiger partial charge in [0.15, 0.2) is 0 Å². The molecule has 1 aliphatic rings. The third kappa shape index (κ3) is 3.52. The molecule has 0 radical (unpaired) electrons. The first-order valence-corrected chi connectivity index (χ1v) is 6.33. The Morgan fingerprint density at radius 3 is 3.05 bits per heavy atom. The highest BCUT2D eigenvalue weighted by atomic mass is 16.5. The molecule has 1 aliphatic heterocycles. The van der Waals surface area contributed by atoms with Gasteiger partial charge in [-0.15, -0.1) is 0 Å². The van der Waals surface area contributed by atoms with Gasteiger partial charge < -0.3 is 20.5 Å². The number of carbonyl (C=O) groups is 1. The van der Waals surface area contributed by atoms with Crippen LogP contribution in [0.2, 0.25) is 0 Å². The van der Waals surface area contributed by atoms with Gasteiger partial charge in [0.1, 0.15) is 5.54 Å². The Bertz CT molecular complexity index is 426. The van der Waals surface area contributed by atoms with Gasteiger partial charge in [-0.05, 0) is 12.8 Å². The Balaban J connectivity index is 1.92. The van der Waals surface area contributed by atoms with Gasteiger partial charge in [-0.1, -0.05) is 0 Å². The summed E-state index contributed by atoms with van der Waals surface area (Å²) in [6.07, 6.45) is 4.45. The molecule has 2 heterocycles. The molecular weight excluding hydrogens is 248 g/mol. The highest BCUT2D eigenvalue weighted by molar-refractivity contribution is 5.97. The Morgan fingerprint density at radius 2 is 2.37 bits per heavy atom. The lowest BCUT2D eigenvalue weighted by Gasteiger charge is -2.31. The van der Waals surface area contributed by atoms with Crippen molar-refractivity contribution < 1.29 is 14.3 Å². The second kappa shape index (κ2) is 6.14. The van der Waals surface area contributed by atoms with E-state index < -0.39 is 5.54 Å². The summed E-state index contributed by atoms with van der Waals surface area (Å²) in [5, 5.41) is 6.94. The van der Waals surface area contributed by atoms with Crippen LogP contribution in [0.25, 0.3) is 0 Å². The average Bonchev–Trinajstić information content (AvgIpc) is 2.85. The normalized spacial score (nSPS) is 18.2. The Hall–Kier alpha value is -1.44. The van der Waals surface area contributed by atoms with Crippen LogP contribution in [0.4, 0.5) is 5.69 Å². The van der Waals surface area contributed by atoms with Gasteiger partial charge in [-0.2, -0.15) is 5.10 Å². The summed E-state index contributed by atoms with van der Waals surface area (Å²) in [5.74, 6) is -0.179. The predicted molar refractivity (Wildman–Crippen MR) is 69.7 cm³/mol. The number of nitrogens with two attached hydrogens (primary N) is 1. The number of nitrogens with zero attached hydrogens (tertiary/aromatic N) is 2. The molecule has 3 N–H and O–H groups in total. The zero-order chi connectivity index (χ0) is 13.7. The highest BCUT2D eigenvalue weighted by Gasteiger charge is 2.36. The third-order valence-corrected chi connectivity index (χ3v) is 3.25. The summed E-state index contributed by atoms with van der Waals surface area (Å²) in [6.45, 7) is 2.27. The maximum absolute atomic E-state index is 12.2.